The van der Waals surface area contributed by atoms with Gasteiger partial charge in [-0.3, -0.25) is 9.59 Å². The number of nitrogens with one attached hydrogen (secondary N) is 2. The molecule has 0 saturated heterocycles. The van der Waals surface area contributed by atoms with Gasteiger partial charge in [0.1, 0.15) is 0 Å². The van der Waals surface area contributed by atoms with Crippen LogP contribution in [0.5, 0.6) is 0 Å². The topological polar surface area (TPSA) is 61.4 Å². The van der Waals surface area contributed by atoms with Crippen LogP contribution in [0.25, 0.3) is 0 Å². The van der Waals surface area contributed by atoms with Crippen molar-refractivity contribution >= 4 is 29.3 Å². The molecule has 1 aliphatic heterocycles. The summed E-state index contributed by atoms with van der Waals surface area (Å²) >= 11 is 1.64. The van der Waals surface area contributed by atoms with Crippen LogP contribution in [-0.2, 0) is 11.3 Å². The predicted molar refractivity (Wildman–Crippen MR) is 110 cm³/mol. The van der Waals surface area contributed by atoms with E-state index in [0.29, 0.717) is 18.5 Å². The highest BCUT2D eigenvalue weighted by Gasteiger charge is 2.15. The molecule has 142 valence electrons. The second-order valence-electron chi connectivity index (χ2n) is 6.69. The van der Waals surface area contributed by atoms with Crippen molar-refractivity contribution in [2.24, 2.45) is 0 Å². The lowest BCUT2D eigenvalue weighted by Crippen LogP contribution is -2.28. The third-order valence-corrected chi connectivity index (χ3v) is 5.48. The van der Waals surface area contributed by atoms with E-state index in [9.17, 15) is 9.59 Å². The molecule has 0 unspecified atom stereocenters. The monoisotopic (exact) mass is 383 g/mol. The van der Waals surface area contributed by atoms with Gasteiger partial charge in [-0.25, -0.2) is 0 Å². The van der Waals surface area contributed by atoms with Gasteiger partial charge in [0, 0.05) is 35.7 Å². The minimum atomic E-state index is -0.105. The summed E-state index contributed by atoms with van der Waals surface area (Å²) in [4.78, 5) is 27.4. The molecular weight excluding hydrogens is 358 g/mol. The number of nitrogens with zero attached hydrogens (tertiary/aromatic N) is 1. The zero-order valence-electron chi connectivity index (χ0n) is 15.5. The van der Waals surface area contributed by atoms with Crippen LogP contribution in [0.1, 0.15) is 28.8 Å². The van der Waals surface area contributed by atoms with Crippen LogP contribution in [0.3, 0.4) is 0 Å². The van der Waals surface area contributed by atoms with Crippen molar-refractivity contribution in [3.8, 4) is 0 Å². The molecule has 0 bridgehead atoms. The van der Waals surface area contributed by atoms with Gasteiger partial charge in [0.25, 0.3) is 5.91 Å². The summed E-state index contributed by atoms with van der Waals surface area (Å²) in [6.45, 7) is 2.43. The first-order valence-electron chi connectivity index (χ1n) is 9.19. The third kappa shape index (κ3) is 5.84. The lowest BCUT2D eigenvalue weighted by atomic mass is 10.1. The molecule has 3 rings (SSSR count). The van der Waals surface area contributed by atoms with Crippen molar-refractivity contribution in [1.82, 2.24) is 10.2 Å². The van der Waals surface area contributed by atoms with Gasteiger partial charge in [-0.05, 0) is 43.8 Å². The quantitative estimate of drug-likeness (QED) is 0.720. The summed E-state index contributed by atoms with van der Waals surface area (Å²) in [6.07, 6.45) is 1.38. The zero-order valence-corrected chi connectivity index (χ0v) is 16.3. The van der Waals surface area contributed by atoms with E-state index >= 15 is 0 Å². The summed E-state index contributed by atoms with van der Waals surface area (Å²) in [5.41, 5.74) is 2.60. The lowest BCUT2D eigenvalue weighted by Gasteiger charge is -2.17. The maximum absolute atomic E-state index is 12.4. The van der Waals surface area contributed by atoms with Crippen molar-refractivity contribution in [3.05, 3.63) is 59.7 Å². The summed E-state index contributed by atoms with van der Waals surface area (Å²) in [5.74, 6) is 0.660. The first-order valence-corrected chi connectivity index (χ1v) is 10.2. The smallest absolute Gasteiger partial charge is 0.251 e. The summed E-state index contributed by atoms with van der Waals surface area (Å²) < 4.78 is 0. The number of hydrogen-bond acceptors (Lipinski definition) is 4. The van der Waals surface area contributed by atoms with E-state index < -0.39 is 0 Å². The minimum Gasteiger partial charge on any atom is -0.352 e. The molecule has 0 aliphatic carbocycles. The average Bonchev–Trinajstić information content (AvgIpc) is 2.85. The maximum Gasteiger partial charge on any atom is 0.251 e. The van der Waals surface area contributed by atoms with E-state index in [-0.39, 0.29) is 11.8 Å². The zero-order chi connectivity index (χ0) is 19.1. The number of rotatable bonds is 7. The van der Waals surface area contributed by atoms with Crippen LogP contribution >= 0.6 is 11.8 Å². The number of carbonyl (C=O) groups is 2. The lowest BCUT2D eigenvalue weighted by molar-refractivity contribution is -0.115. The first-order chi connectivity index (χ1) is 13.1. The molecule has 0 atom stereocenters. The fourth-order valence-electron chi connectivity index (χ4n) is 2.99. The summed E-state index contributed by atoms with van der Waals surface area (Å²) in [5, 5.41) is 5.84. The molecule has 0 saturated carbocycles. The molecule has 5 nitrogen and oxygen atoms in total. The fraction of sp³-hybridized carbons (Fsp3) is 0.333. The highest BCUT2D eigenvalue weighted by molar-refractivity contribution is 7.99. The van der Waals surface area contributed by atoms with Crippen LogP contribution in [0.2, 0.25) is 0 Å². The first kappa shape index (κ1) is 19.5. The highest BCUT2D eigenvalue weighted by atomic mass is 32.2. The standard InChI is InChI=1S/C21H25N3O2S/c1-24(15-16-6-3-2-4-7-16)12-5-11-22-21(26)17-8-9-19-18(14-17)23-20(25)10-13-27-19/h2-4,6-9,14H,5,10-13,15H2,1H3,(H,22,26)(H,23,25). The number of amides is 2. The van der Waals surface area contributed by atoms with Crippen LogP contribution < -0.4 is 10.6 Å². The summed E-state index contributed by atoms with van der Waals surface area (Å²) in [7, 11) is 2.08. The number of thioether (sulfide) groups is 1. The molecule has 0 spiro atoms. The molecular formula is C21H25N3O2S. The number of anilines is 1. The second-order valence-corrected chi connectivity index (χ2v) is 7.83. The Labute approximate surface area is 164 Å². The van der Waals surface area contributed by atoms with Gasteiger partial charge < -0.3 is 15.5 Å². The van der Waals surface area contributed by atoms with Crippen molar-refractivity contribution < 1.29 is 9.59 Å². The van der Waals surface area contributed by atoms with Gasteiger partial charge in [-0.2, -0.15) is 0 Å². The Bertz CT molecular complexity index is 795. The molecule has 0 radical (unpaired) electrons. The maximum atomic E-state index is 12.4. The Morgan fingerprint density at radius 2 is 2.04 bits per heavy atom. The summed E-state index contributed by atoms with van der Waals surface area (Å²) in [6, 6.07) is 15.8. The molecule has 0 fully saturated rings. The SMILES string of the molecule is CN(CCCNC(=O)c1ccc2c(c1)NC(=O)CCS2)Cc1ccccc1. The molecule has 27 heavy (non-hydrogen) atoms. The molecule has 1 aliphatic rings. The number of carbonyl (C=O) groups excluding carboxylic acids is 2. The molecule has 2 amide bonds. The molecule has 1 heterocycles. The minimum absolute atomic E-state index is 0.000242. The highest BCUT2D eigenvalue weighted by Crippen LogP contribution is 2.31. The second kappa shape index (κ2) is 9.58. The normalized spacial score (nSPS) is 13.6. The van der Waals surface area contributed by atoms with Gasteiger partial charge >= 0.3 is 0 Å². The van der Waals surface area contributed by atoms with Crippen LogP contribution in [-0.4, -0.2) is 42.6 Å². The number of fused-ring (bicyclic) bond motifs is 1. The average molecular weight is 384 g/mol. The van der Waals surface area contributed by atoms with E-state index in [2.05, 4.69) is 34.7 Å². The number of benzene rings is 2. The van der Waals surface area contributed by atoms with Crippen molar-refractivity contribution in [2.45, 2.75) is 24.3 Å². The Morgan fingerprint density at radius 3 is 2.85 bits per heavy atom. The van der Waals surface area contributed by atoms with Gasteiger partial charge in [0.15, 0.2) is 0 Å². The number of hydrogen-bond donors (Lipinski definition) is 2. The molecule has 0 aromatic heterocycles. The molecule has 2 aromatic rings. The van der Waals surface area contributed by atoms with Gasteiger partial charge in [-0.1, -0.05) is 30.3 Å². The predicted octanol–water partition coefficient (Wildman–Crippen LogP) is 3.37. The van der Waals surface area contributed by atoms with Crippen molar-refractivity contribution in [3.63, 3.8) is 0 Å². The van der Waals surface area contributed by atoms with E-state index in [1.165, 1.54) is 5.56 Å². The van der Waals surface area contributed by atoms with Gasteiger partial charge in [0.05, 0.1) is 5.69 Å². The van der Waals surface area contributed by atoms with E-state index in [0.717, 1.165) is 35.8 Å². The van der Waals surface area contributed by atoms with Crippen LogP contribution in [0.15, 0.2) is 53.4 Å². The Balaban J connectivity index is 1.45. The Morgan fingerprint density at radius 1 is 1.22 bits per heavy atom. The van der Waals surface area contributed by atoms with Crippen molar-refractivity contribution in [2.75, 3.05) is 31.2 Å². The van der Waals surface area contributed by atoms with Crippen LogP contribution in [0.4, 0.5) is 5.69 Å². The fourth-order valence-corrected chi connectivity index (χ4v) is 3.93. The molecule has 2 N–H and O–H groups in total. The van der Waals surface area contributed by atoms with Crippen LogP contribution in [0, 0.1) is 0 Å². The Kier molecular flexibility index (Phi) is 6.90. The Hall–Kier alpha value is -2.31. The molecule has 2 aromatic carbocycles. The van der Waals surface area contributed by atoms with E-state index in [4.69, 9.17) is 0 Å². The largest absolute Gasteiger partial charge is 0.352 e. The van der Waals surface area contributed by atoms with Gasteiger partial charge in [0.2, 0.25) is 5.91 Å². The third-order valence-electron chi connectivity index (χ3n) is 4.40. The van der Waals surface area contributed by atoms with Gasteiger partial charge in [-0.15, -0.1) is 11.8 Å². The van der Waals surface area contributed by atoms with E-state index in [1.807, 2.05) is 30.3 Å². The molecule has 6 heteroatoms. The van der Waals surface area contributed by atoms with E-state index in [1.54, 1.807) is 17.8 Å². The van der Waals surface area contributed by atoms with Crippen molar-refractivity contribution in [1.29, 1.82) is 0 Å².